The van der Waals surface area contributed by atoms with Gasteiger partial charge in [0.1, 0.15) is 0 Å². The number of benzene rings is 1. The minimum absolute atomic E-state index is 0.0540. The van der Waals surface area contributed by atoms with E-state index in [4.69, 9.17) is 4.74 Å². The smallest absolute Gasteiger partial charge is 0.265 e. The molecule has 3 rings (SSSR count). The van der Waals surface area contributed by atoms with Crippen molar-refractivity contribution in [2.75, 3.05) is 30.3 Å². The molecule has 0 saturated carbocycles. The fourth-order valence-corrected chi connectivity index (χ4v) is 3.67. The molecule has 2 atom stereocenters. The zero-order valence-corrected chi connectivity index (χ0v) is 15.7. The Morgan fingerprint density at radius 1 is 1.08 bits per heavy atom. The Morgan fingerprint density at radius 2 is 1.69 bits per heavy atom. The summed E-state index contributed by atoms with van der Waals surface area (Å²) in [5.74, 6) is -0.186. The van der Waals surface area contributed by atoms with E-state index in [1.165, 1.54) is 11.3 Å². The average molecular weight is 373 g/mol. The Labute approximate surface area is 157 Å². The summed E-state index contributed by atoms with van der Waals surface area (Å²) in [5, 5.41) is 7.60. The topological polar surface area (TPSA) is 70.7 Å². The highest BCUT2D eigenvalue weighted by Gasteiger charge is 2.23. The number of nitrogens with one attached hydrogen (secondary N) is 2. The molecule has 1 saturated heterocycles. The van der Waals surface area contributed by atoms with Crippen molar-refractivity contribution in [2.45, 2.75) is 26.1 Å². The van der Waals surface area contributed by atoms with Gasteiger partial charge in [-0.2, -0.15) is 0 Å². The lowest BCUT2D eigenvalue weighted by Crippen LogP contribution is -2.48. The molecule has 1 aromatic heterocycles. The van der Waals surface area contributed by atoms with Gasteiger partial charge in [0.15, 0.2) is 0 Å². The number of thiophene rings is 1. The molecule has 6 nitrogen and oxygen atoms in total. The molecule has 7 heteroatoms. The van der Waals surface area contributed by atoms with E-state index in [-0.39, 0.29) is 24.0 Å². The Hall–Kier alpha value is -2.22. The number of ether oxygens (including phenoxy) is 1. The van der Waals surface area contributed by atoms with Crippen LogP contribution in [-0.2, 0) is 9.53 Å². The van der Waals surface area contributed by atoms with Crippen LogP contribution < -0.4 is 10.6 Å². The molecule has 0 radical (unpaired) electrons. The first-order valence-corrected chi connectivity index (χ1v) is 9.50. The first-order valence-electron chi connectivity index (χ1n) is 8.62. The number of hydrogen-bond donors (Lipinski definition) is 2. The number of nitrogens with zero attached hydrogens (tertiary/aromatic N) is 1. The molecule has 1 aromatic carbocycles. The van der Waals surface area contributed by atoms with Gasteiger partial charge in [-0.25, -0.2) is 0 Å². The normalized spacial score (nSPS) is 20.5. The first-order chi connectivity index (χ1) is 12.5. The van der Waals surface area contributed by atoms with Crippen molar-refractivity contribution in [3.05, 3.63) is 46.7 Å². The Bertz CT molecular complexity index is 736. The van der Waals surface area contributed by atoms with Crippen LogP contribution in [0.15, 0.2) is 41.8 Å². The summed E-state index contributed by atoms with van der Waals surface area (Å²) in [7, 11) is 0. The van der Waals surface area contributed by atoms with Crippen LogP contribution in [0.1, 0.15) is 23.5 Å². The van der Waals surface area contributed by atoms with E-state index in [0.717, 1.165) is 13.1 Å². The number of morpholine rings is 1. The van der Waals surface area contributed by atoms with Gasteiger partial charge in [0.25, 0.3) is 5.91 Å². The van der Waals surface area contributed by atoms with Gasteiger partial charge in [-0.3, -0.25) is 14.5 Å². The number of carbonyl (C=O) groups is 2. The second kappa shape index (κ2) is 8.44. The molecule has 2 N–H and O–H groups in total. The summed E-state index contributed by atoms with van der Waals surface area (Å²) in [5.41, 5.74) is 1.40. The van der Waals surface area contributed by atoms with Crippen LogP contribution in [0, 0.1) is 0 Å². The van der Waals surface area contributed by atoms with Crippen LogP contribution in [0.25, 0.3) is 0 Å². The summed E-state index contributed by atoms with van der Waals surface area (Å²) in [6.45, 7) is 5.89. The molecule has 0 bridgehead atoms. The minimum atomic E-state index is -0.132. The predicted octanol–water partition coefficient (Wildman–Crippen LogP) is 3.05. The summed E-state index contributed by atoms with van der Waals surface area (Å²) in [6, 6.07) is 10.7. The van der Waals surface area contributed by atoms with Gasteiger partial charge >= 0.3 is 0 Å². The van der Waals surface area contributed by atoms with Crippen molar-refractivity contribution >= 4 is 34.5 Å². The molecule has 2 aromatic rings. The molecular weight excluding hydrogens is 350 g/mol. The molecule has 2 amide bonds. The van der Waals surface area contributed by atoms with Crippen LogP contribution >= 0.6 is 11.3 Å². The summed E-state index contributed by atoms with van der Waals surface area (Å²) < 4.78 is 5.68. The van der Waals surface area contributed by atoms with Crippen LogP contribution in [0.5, 0.6) is 0 Å². The lowest BCUT2D eigenvalue weighted by Gasteiger charge is -2.34. The van der Waals surface area contributed by atoms with E-state index in [9.17, 15) is 9.59 Å². The quantitative estimate of drug-likeness (QED) is 0.845. The number of amides is 2. The van der Waals surface area contributed by atoms with E-state index in [2.05, 4.69) is 15.5 Å². The van der Waals surface area contributed by atoms with Gasteiger partial charge in [0.2, 0.25) is 5.91 Å². The van der Waals surface area contributed by atoms with Crippen LogP contribution in [-0.4, -0.2) is 48.6 Å². The zero-order chi connectivity index (χ0) is 18.5. The third kappa shape index (κ3) is 5.14. The Morgan fingerprint density at radius 3 is 2.27 bits per heavy atom. The molecule has 1 aliphatic rings. The molecule has 1 fully saturated rings. The third-order valence-electron chi connectivity index (χ3n) is 4.03. The maximum Gasteiger partial charge on any atom is 0.265 e. The van der Waals surface area contributed by atoms with Crippen molar-refractivity contribution in [1.82, 2.24) is 4.90 Å². The Kier molecular flexibility index (Phi) is 6.03. The fourth-order valence-electron chi connectivity index (χ4n) is 3.05. The standard InChI is InChI=1S/C19H23N3O3S/c1-13-10-22(11-14(2)25-13)12-18(23)20-15-5-7-16(8-6-15)21-19(24)17-4-3-9-26-17/h3-9,13-14H,10-12H2,1-2H3,(H,20,23)(H,21,24). The maximum absolute atomic E-state index is 12.3. The van der Waals surface area contributed by atoms with Gasteiger partial charge in [-0.15, -0.1) is 11.3 Å². The van der Waals surface area contributed by atoms with E-state index in [1.54, 1.807) is 30.3 Å². The monoisotopic (exact) mass is 373 g/mol. The molecule has 138 valence electrons. The van der Waals surface area contributed by atoms with Crippen molar-refractivity contribution < 1.29 is 14.3 Å². The number of rotatable bonds is 5. The molecule has 0 aliphatic carbocycles. The van der Waals surface area contributed by atoms with Gasteiger partial charge < -0.3 is 15.4 Å². The van der Waals surface area contributed by atoms with E-state index in [1.807, 2.05) is 25.3 Å². The van der Waals surface area contributed by atoms with Crippen molar-refractivity contribution in [3.63, 3.8) is 0 Å². The van der Waals surface area contributed by atoms with E-state index < -0.39 is 0 Å². The minimum Gasteiger partial charge on any atom is -0.373 e. The van der Waals surface area contributed by atoms with Gasteiger partial charge in [0.05, 0.1) is 23.6 Å². The van der Waals surface area contributed by atoms with Crippen molar-refractivity contribution in [1.29, 1.82) is 0 Å². The molecular formula is C19H23N3O3S. The van der Waals surface area contributed by atoms with Gasteiger partial charge in [-0.1, -0.05) is 6.07 Å². The van der Waals surface area contributed by atoms with Crippen molar-refractivity contribution in [3.8, 4) is 0 Å². The summed E-state index contributed by atoms with van der Waals surface area (Å²) in [6.07, 6.45) is 0.274. The Balaban J connectivity index is 1.50. The molecule has 2 unspecified atom stereocenters. The van der Waals surface area contributed by atoms with E-state index in [0.29, 0.717) is 22.8 Å². The second-order valence-corrected chi connectivity index (χ2v) is 7.46. The second-order valence-electron chi connectivity index (χ2n) is 6.51. The first kappa shape index (κ1) is 18.6. The van der Waals surface area contributed by atoms with E-state index >= 15 is 0 Å². The number of anilines is 2. The SMILES string of the molecule is CC1CN(CC(=O)Nc2ccc(NC(=O)c3cccs3)cc2)CC(C)O1. The summed E-state index contributed by atoms with van der Waals surface area (Å²) in [4.78, 5) is 27.0. The average Bonchev–Trinajstić information content (AvgIpc) is 3.10. The highest BCUT2D eigenvalue weighted by Crippen LogP contribution is 2.17. The fraction of sp³-hybridized carbons (Fsp3) is 0.368. The molecule has 0 spiro atoms. The van der Waals surface area contributed by atoms with Crippen LogP contribution in [0.3, 0.4) is 0 Å². The highest BCUT2D eigenvalue weighted by molar-refractivity contribution is 7.12. The van der Waals surface area contributed by atoms with Crippen LogP contribution in [0.2, 0.25) is 0 Å². The summed E-state index contributed by atoms with van der Waals surface area (Å²) >= 11 is 1.40. The number of carbonyl (C=O) groups excluding carboxylic acids is 2. The van der Waals surface area contributed by atoms with Crippen molar-refractivity contribution in [2.24, 2.45) is 0 Å². The lowest BCUT2D eigenvalue weighted by molar-refractivity contribution is -0.121. The van der Waals surface area contributed by atoms with Gasteiger partial charge in [0, 0.05) is 24.5 Å². The number of hydrogen-bond acceptors (Lipinski definition) is 5. The highest BCUT2D eigenvalue weighted by atomic mass is 32.1. The molecule has 2 heterocycles. The predicted molar refractivity (Wildman–Crippen MR) is 104 cm³/mol. The van der Waals surface area contributed by atoms with Crippen LogP contribution in [0.4, 0.5) is 11.4 Å². The third-order valence-corrected chi connectivity index (χ3v) is 4.90. The molecule has 1 aliphatic heterocycles. The molecule has 26 heavy (non-hydrogen) atoms. The lowest BCUT2D eigenvalue weighted by atomic mass is 10.2. The zero-order valence-electron chi connectivity index (χ0n) is 14.9. The maximum atomic E-state index is 12.3. The van der Waals surface area contributed by atoms with Gasteiger partial charge in [-0.05, 0) is 49.6 Å². The largest absolute Gasteiger partial charge is 0.373 e.